The highest BCUT2D eigenvalue weighted by Gasteiger charge is 2.49. The number of aryl methyl sites for hydroxylation is 1. The normalized spacial score (nSPS) is 23.3. The number of hydrogen-bond acceptors (Lipinski definition) is 2. The second kappa shape index (κ2) is 8.07. The van der Waals surface area contributed by atoms with E-state index in [1.54, 1.807) is 0 Å². The SMILES string of the molecule is Cc1cccc([C@@H]2[C@@H](CCO)OC(C(F)(F)F)=C(Br)[C@H]2c2ccccc2)c1. The predicted molar refractivity (Wildman–Crippen MR) is 102 cm³/mol. The molecule has 0 radical (unpaired) electrons. The number of halogens is 4. The van der Waals surface area contributed by atoms with Gasteiger partial charge in [0.25, 0.3) is 0 Å². The van der Waals surface area contributed by atoms with Gasteiger partial charge in [0.2, 0.25) is 5.76 Å². The summed E-state index contributed by atoms with van der Waals surface area (Å²) in [5, 5.41) is 9.46. The van der Waals surface area contributed by atoms with Crippen molar-refractivity contribution in [2.45, 2.75) is 37.5 Å². The minimum atomic E-state index is -4.61. The molecule has 1 N–H and O–H groups in total. The van der Waals surface area contributed by atoms with Crippen molar-refractivity contribution in [3.63, 3.8) is 0 Å². The Morgan fingerprint density at radius 1 is 1.04 bits per heavy atom. The van der Waals surface area contributed by atoms with E-state index in [4.69, 9.17) is 4.74 Å². The molecule has 144 valence electrons. The molecule has 0 saturated carbocycles. The van der Waals surface area contributed by atoms with Gasteiger partial charge in [0.05, 0.1) is 4.48 Å². The number of alkyl halides is 3. The van der Waals surface area contributed by atoms with Crippen LogP contribution >= 0.6 is 15.9 Å². The lowest BCUT2D eigenvalue weighted by molar-refractivity contribution is -0.149. The number of aliphatic hydroxyl groups excluding tert-OH is 1. The first-order chi connectivity index (χ1) is 12.8. The van der Waals surface area contributed by atoms with Crippen molar-refractivity contribution in [1.82, 2.24) is 0 Å². The third-order valence-corrected chi connectivity index (χ3v) is 5.63. The van der Waals surface area contributed by atoms with Crippen molar-refractivity contribution >= 4 is 15.9 Å². The van der Waals surface area contributed by atoms with Gasteiger partial charge in [0.1, 0.15) is 6.10 Å². The zero-order valence-electron chi connectivity index (χ0n) is 14.7. The molecule has 0 spiro atoms. The molecule has 1 aliphatic rings. The Kier molecular flexibility index (Phi) is 5.96. The molecule has 0 saturated heterocycles. The lowest BCUT2D eigenvalue weighted by Crippen LogP contribution is -2.37. The van der Waals surface area contributed by atoms with Crippen molar-refractivity contribution in [3.8, 4) is 0 Å². The summed E-state index contributed by atoms with van der Waals surface area (Å²) in [6.07, 6.45) is -5.29. The maximum atomic E-state index is 13.6. The molecule has 27 heavy (non-hydrogen) atoms. The average Bonchev–Trinajstić information content (AvgIpc) is 2.62. The molecule has 2 aromatic carbocycles. The fourth-order valence-electron chi connectivity index (χ4n) is 3.66. The van der Waals surface area contributed by atoms with Gasteiger partial charge in [-0.25, -0.2) is 0 Å². The molecular weight excluding hydrogens is 421 g/mol. The fraction of sp³-hybridized carbons (Fsp3) is 0.333. The van der Waals surface area contributed by atoms with E-state index in [0.717, 1.165) is 16.7 Å². The molecule has 2 nitrogen and oxygen atoms in total. The number of benzene rings is 2. The number of aliphatic hydroxyl groups is 1. The third-order valence-electron chi connectivity index (χ3n) is 4.78. The Balaban J connectivity index is 2.21. The van der Waals surface area contributed by atoms with Gasteiger partial charge in [0, 0.05) is 24.9 Å². The Morgan fingerprint density at radius 3 is 2.30 bits per heavy atom. The molecule has 6 heteroatoms. The number of hydrogen-bond donors (Lipinski definition) is 1. The summed E-state index contributed by atoms with van der Waals surface area (Å²) >= 11 is 3.20. The molecule has 0 aromatic heterocycles. The maximum Gasteiger partial charge on any atom is 0.449 e. The lowest BCUT2D eigenvalue weighted by atomic mass is 9.75. The predicted octanol–water partition coefficient (Wildman–Crippen LogP) is 5.81. The highest BCUT2D eigenvalue weighted by atomic mass is 79.9. The lowest BCUT2D eigenvalue weighted by Gasteiger charge is -2.40. The Labute approximate surface area is 164 Å². The van der Waals surface area contributed by atoms with Gasteiger partial charge in [0.15, 0.2) is 0 Å². The number of rotatable bonds is 4. The summed E-state index contributed by atoms with van der Waals surface area (Å²) in [5.74, 6) is -1.94. The molecule has 2 aromatic rings. The number of allylic oxidation sites excluding steroid dienone is 2. The zero-order valence-corrected chi connectivity index (χ0v) is 16.3. The third kappa shape index (κ3) is 4.22. The standard InChI is InChI=1S/C21H20BrF3O2/c1-13-6-5-9-15(12-13)17-16(10-11-26)27-20(21(23,24)25)19(22)18(17)14-7-3-2-4-8-14/h2-9,12,16-18,26H,10-11H2,1H3/t16-,17-,18+/m1/s1. The topological polar surface area (TPSA) is 29.5 Å². The van der Waals surface area contributed by atoms with Gasteiger partial charge >= 0.3 is 6.18 Å². The van der Waals surface area contributed by atoms with E-state index in [1.165, 1.54) is 0 Å². The van der Waals surface area contributed by atoms with Crippen molar-refractivity contribution in [2.75, 3.05) is 6.61 Å². The van der Waals surface area contributed by atoms with E-state index in [-0.39, 0.29) is 23.4 Å². The van der Waals surface area contributed by atoms with Gasteiger partial charge in [-0.2, -0.15) is 13.2 Å². The molecule has 1 aliphatic heterocycles. The van der Waals surface area contributed by atoms with Gasteiger partial charge in [-0.1, -0.05) is 76.1 Å². The van der Waals surface area contributed by atoms with E-state index >= 15 is 0 Å². The molecule has 0 unspecified atom stereocenters. The smallest absolute Gasteiger partial charge is 0.449 e. The van der Waals surface area contributed by atoms with Crippen molar-refractivity contribution in [1.29, 1.82) is 0 Å². The minimum absolute atomic E-state index is 0.0121. The summed E-state index contributed by atoms with van der Waals surface area (Å²) in [7, 11) is 0. The summed E-state index contributed by atoms with van der Waals surface area (Å²) in [4.78, 5) is 0. The first-order valence-electron chi connectivity index (χ1n) is 8.68. The van der Waals surface area contributed by atoms with Crippen LogP contribution in [0.5, 0.6) is 0 Å². The van der Waals surface area contributed by atoms with E-state index in [1.807, 2.05) is 61.5 Å². The van der Waals surface area contributed by atoms with E-state index in [0.29, 0.717) is 0 Å². The monoisotopic (exact) mass is 440 g/mol. The highest BCUT2D eigenvalue weighted by Crippen LogP contribution is 2.52. The van der Waals surface area contributed by atoms with Crippen LogP contribution in [0.4, 0.5) is 13.2 Å². The van der Waals surface area contributed by atoms with Crippen molar-refractivity contribution < 1.29 is 23.0 Å². The van der Waals surface area contributed by atoms with Crippen LogP contribution in [0.3, 0.4) is 0 Å². The molecule has 1 heterocycles. The molecule has 3 rings (SSSR count). The first kappa shape index (κ1) is 20.0. The molecule has 0 bridgehead atoms. The van der Waals surface area contributed by atoms with E-state index in [9.17, 15) is 18.3 Å². The summed E-state index contributed by atoms with van der Waals surface area (Å²) in [5.41, 5.74) is 2.67. The van der Waals surface area contributed by atoms with Crippen LogP contribution in [0, 0.1) is 6.92 Å². The molecule has 3 atom stereocenters. The Morgan fingerprint density at radius 2 is 1.70 bits per heavy atom. The fourth-order valence-corrected chi connectivity index (χ4v) is 4.53. The van der Waals surface area contributed by atoms with Crippen molar-refractivity contribution in [3.05, 3.63) is 81.5 Å². The molecular formula is C21H20BrF3O2. The van der Waals surface area contributed by atoms with Crippen LogP contribution < -0.4 is 0 Å². The van der Waals surface area contributed by atoms with Gasteiger partial charge in [-0.05, 0) is 18.1 Å². The van der Waals surface area contributed by atoms with Crippen LogP contribution in [0.2, 0.25) is 0 Å². The molecule has 0 aliphatic carbocycles. The molecule has 0 amide bonds. The quantitative estimate of drug-likeness (QED) is 0.649. The highest BCUT2D eigenvalue weighted by molar-refractivity contribution is 9.11. The van der Waals surface area contributed by atoms with E-state index in [2.05, 4.69) is 15.9 Å². The zero-order chi connectivity index (χ0) is 19.6. The van der Waals surface area contributed by atoms with Crippen LogP contribution in [-0.4, -0.2) is 24.0 Å². The Bertz CT molecular complexity index is 818. The van der Waals surface area contributed by atoms with Crippen molar-refractivity contribution in [2.24, 2.45) is 0 Å². The van der Waals surface area contributed by atoms with Crippen LogP contribution in [-0.2, 0) is 4.74 Å². The summed E-state index contributed by atoms with van der Waals surface area (Å²) in [6.45, 7) is 1.69. The average molecular weight is 441 g/mol. The maximum absolute atomic E-state index is 13.6. The van der Waals surface area contributed by atoms with E-state index < -0.39 is 24.0 Å². The van der Waals surface area contributed by atoms with Gasteiger partial charge in [-0.15, -0.1) is 0 Å². The largest absolute Gasteiger partial charge is 0.484 e. The minimum Gasteiger partial charge on any atom is -0.484 e. The molecule has 0 fully saturated rings. The van der Waals surface area contributed by atoms with Gasteiger partial charge in [-0.3, -0.25) is 0 Å². The van der Waals surface area contributed by atoms with Gasteiger partial charge < -0.3 is 9.84 Å². The second-order valence-corrected chi connectivity index (χ2v) is 7.53. The number of ether oxygens (including phenoxy) is 1. The summed E-state index contributed by atoms with van der Waals surface area (Å²) < 4.78 is 46.2. The van der Waals surface area contributed by atoms with Crippen LogP contribution in [0.1, 0.15) is 34.9 Å². The second-order valence-electron chi connectivity index (χ2n) is 6.67. The summed E-state index contributed by atoms with van der Waals surface area (Å²) in [6, 6.07) is 16.8. The Hall–Kier alpha value is -1.79. The van der Waals surface area contributed by atoms with Crippen LogP contribution in [0.25, 0.3) is 0 Å². The van der Waals surface area contributed by atoms with Crippen LogP contribution in [0.15, 0.2) is 64.8 Å². The first-order valence-corrected chi connectivity index (χ1v) is 9.48.